The maximum absolute atomic E-state index is 11.5. The average molecular weight is 187 g/mol. The van der Waals surface area contributed by atoms with Crippen LogP contribution in [0.15, 0.2) is 0 Å². The molecule has 1 unspecified atom stereocenters. The summed E-state index contributed by atoms with van der Waals surface area (Å²) in [6.45, 7) is -0.276. The third-order valence-corrected chi connectivity index (χ3v) is 0.821. The normalized spacial score (nSPS) is 14.1. The molecule has 0 aromatic carbocycles. The lowest BCUT2D eigenvalue weighted by Crippen LogP contribution is -2.37. The average Bonchev–Trinajstić information content (AvgIpc) is 1.85. The lowest BCUT2D eigenvalue weighted by Gasteiger charge is -2.12. The van der Waals surface area contributed by atoms with Gasteiger partial charge in [-0.1, -0.05) is 0 Å². The standard InChI is InChI=1S/C5H8F3NO3/c1-11-2-3(9)12-4(10)5(6,7)8/h3H,2,9H2,1H3. The second-order valence-corrected chi connectivity index (χ2v) is 1.90. The molecule has 0 bridgehead atoms. The molecule has 0 fully saturated rings. The number of hydrogen-bond acceptors (Lipinski definition) is 4. The first kappa shape index (κ1) is 11.2. The molecule has 0 radical (unpaired) electrons. The van der Waals surface area contributed by atoms with E-state index in [1.54, 1.807) is 0 Å². The fourth-order valence-electron chi connectivity index (χ4n) is 0.403. The van der Waals surface area contributed by atoms with Crippen LogP contribution in [0.1, 0.15) is 0 Å². The Morgan fingerprint density at radius 2 is 2.08 bits per heavy atom. The molecular formula is C5H8F3NO3. The van der Waals surface area contributed by atoms with Crippen LogP contribution in [0.3, 0.4) is 0 Å². The molecular weight excluding hydrogens is 179 g/mol. The minimum absolute atomic E-state index is 0.276. The number of carbonyl (C=O) groups is 1. The Balaban J connectivity index is 3.85. The van der Waals surface area contributed by atoms with Gasteiger partial charge in [-0.05, 0) is 0 Å². The number of halogens is 3. The van der Waals surface area contributed by atoms with Gasteiger partial charge < -0.3 is 9.47 Å². The Morgan fingerprint density at radius 1 is 1.58 bits per heavy atom. The van der Waals surface area contributed by atoms with Crippen molar-refractivity contribution in [3.8, 4) is 0 Å². The zero-order valence-corrected chi connectivity index (χ0v) is 6.22. The molecule has 7 heteroatoms. The van der Waals surface area contributed by atoms with E-state index in [1.165, 1.54) is 7.11 Å². The zero-order chi connectivity index (χ0) is 9.78. The smallest absolute Gasteiger partial charge is 0.438 e. The van der Waals surface area contributed by atoms with Crippen molar-refractivity contribution in [3.63, 3.8) is 0 Å². The summed E-state index contributed by atoms with van der Waals surface area (Å²) in [4.78, 5) is 10.1. The molecule has 72 valence electrons. The van der Waals surface area contributed by atoms with Crippen LogP contribution >= 0.6 is 0 Å². The van der Waals surface area contributed by atoms with Crippen LogP contribution in [-0.4, -0.2) is 32.1 Å². The second kappa shape index (κ2) is 4.27. The van der Waals surface area contributed by atoms with E-state index < -0.39 is 18.4 Å². The van der Waals surface area contributed by atoms with Gasteiger partial charge in [-0.2, -0.15) is 13.2 Å². The Labute approximate surface area is 66.4 Å². The van der Waals surface area contributed by atoms with Gasteiger partial charge in [-0.3, -0.25) is 5.73 Å². The molecule has 0 aliphatic carbocycles. The Hall–Kier alpha value is -0.820. The molecule has 0 aromatic rings. The van der Waals surface area contributed by atoms with Crippen molar-refractivity contribution in [3.05, 3.63) is 0 Å². The van der Waals surface area contributed by atoms with Crippen molar-refractivity contribution in [2.75, 3.05) is 13.7 Å². The highest BCUT2D eigenvalue weighted by Crippen LogP contribution is 2.16. The third kappa shape index (κ3) is 4.14. The Bertz CT molecular complexity index is 159. The van der Waals surface area contributed by atoms with Crippen molar-refractivity contribution in [2.24, 2.45) is 5.73 Å². The van der Waals surface area contributed by atoms with Gasteiger partial charge in [0.25, 0.3) is 0 Å². The van der Waals surface area contributed by atoms with E-state index in [1.807, 2.05) is 0 Å². The van der Waals surface area contributed by atoms with Gasteiger partial charge in [-0.25, -0.2) is 4.79 Å². The minimum atomic E-state index is -5.01. The molecule has 0 aliphatic rings. The lowest BCUT2D eigenvalue weighted by atomic mass is 10.6. The monoisotopic (exact) mass is 187 g/mol. The highest BCUT2D eigenvalue weighted by molar-refractivity contribution is 5.75. The lowest BCUT2D eigenvalue weighted by molar-refractivity contribution is -0.206. The van der Waals surface area contributed by atoms with Crippen molar-refractivity contribution < 1.29 is 27.4 Å². The van der Waals surface area contributed by atoms with Gasteiger partial charge in [0.2, 0.25) is 0 Å². The molecule has 0 heterocycles. The zero-order valence-electron chi connectivity index (χ0n) is 6.22. The maximum Gasteiger partial charge on any atom is 0.490 e. The molecule has 0 spiro atoms. The first-order valence-electron chi connectivity index (χ1n) is 2.90. The molecule has 4 nitrogen and oxygen atoms in total. The SMILES string of the molecule is COCC(N)OC(=O)C(F)(F)F. The van der Waals surface area contributed by atoms with E-state index in [0.717, 1.165) is 0 Å². The molecule has 0 aliphatic heterocycles. The van der Waals surface area contributed by atoms with Gasteiger partial charge in [0.05, 0.1) is 6.61 Å². The van der Waals surface area contributed by atoms with Gasteiger partial charge in [0.15, 0.2) is 6.23 Å². The van der Waals surface area contributed by atoms with E-state index in [-0.39, 0.29) is 6.61 Å². The first-order valence-corrected chi connectivity index (χ1v) is 2.90. The second-order valence-electron chi connectivity index (χ2n) is 1.90. The minimum Gasteiger partial charge on any atom is -0.438 e. The molecule has 12 heavy (non-hydrogen) atoms. The molecule has 0 aromatic heterocycles. The van der Waals surface area contributed by atoms with Crippen LogP contribution < -0.4 is 5.73 Å². The summed E-state index contributed by atoms with van der Waals surface area (Å²) < 4.78 is 42.5. The van der Waals surface area contributed by atoms with Crippen molar-refractivity contribution >= 4 is 5.97 Å². The Kier molecular flexibility index (Phi) is 3.98. The largest absolute Gasteiger partial charge is 0.490 e. The van der Waals surface area contributed by atoms with Gasteiger partial charge in [-0.15, -0.1) is 0 Å². The van der Waals surface area contributed by atoms with Crippen LogP contribution in [0.2, 0.25) is 0 Å². The van der Waals surface area contributed by atoms with Crippen LogP contribution in [-0.2, 0) is 14.3 Å². The van der Waals surface area contributed by atoms with Crippen molar-refractivity contribution in [1.82, 2.24) is 0 Å². The molecule has 0 saturated heterocycles. The van der Waals surface area contributed by atoms with E-state index in [4.69, 9.17) is 5.73 Å². The number of rotatable bonds is 3. The quantitative estimate of drug-likeness (QED) is 0.500. The number of nitrogens with two attached hydrogens (primary N) is 1. The van der Waals surface area contributed by atoms with E-state index in [9.17, 15) is 18.0 Å². The van der Waals surface area contributed by atoms with Crippen LogP contribution in [0.25, 0.3) is 0 Å². The van der Waals surface area contributed by atoms with E-state index >= 15 is 0 Å². The number of ether oxygens (including phenoxy) is 2. The van der Waals surface area contributed by atoms with E-state index in [0.29, 0.717) is 0 Å². The Morgan fingerprint density at radius 3 is 2.42 bits per heavy atom. The van der Waals surface area contributed by atoms with Crippen molar-refractivity contribution in [2.45, 2.75) is 12.4 Å². The topological polar surface area (TPSA) is 61.6 Å². The molecule has 2 N–H and O–H groups in total. The summed E-state index contributed by atoms with van der Waals surface area (Å²) in [6.07, 6.45) is -6.39. The van der Waals surface area contributed by atoms with Crippen LogP contribution in [0, 0.1) is 0 Å². The number of alkyl halides is 3. The summed E-state index contributed by atoms with van der Waals surface area (Å²) in [5, 5.41) is 0. The highest BCUT2D eigenvalue weighted by atomic mass is 19.4. The van der Waals surface area contributed by atoms with Gasteiger partial charge in [0, 0.05) is 7.11 Å². The summed E-state index contributed by atoms with van der Waals surface area (Å²) in [6, 6.07) is 0. The molecule has 1 atom stereocenters. The first-order chi connectivity index (χ1) is 5.38. The number of esters is 1. The predicted octanol–water partition coefficient (Wildman–Crippen LogP) is 0.0231. The third-order valence-electron chi connectivity index (χ3n) is 0.821. The summed E-state index contributed by atoms with van der Waals surface area (Å²) in [7, 11) is 1.22. The maximum atomic E-state index is 11.5. The summed E-state index contributed by atoms with van der Waals surface area (Å²) in [5.41, 5.74) is 4.91. The molecule has 0 rings (SSSR count). The summed E-state index contributed by atoms with van der Waals surface area (Å²) >= 11 is 0. The number of carbonyl (C=O) groups excluding carboxylic acids is 1. The van der Waals surface area contributed by atoms with Gasteiger partial charge in [0.1, 0.15) is 0 Å². The van der Waals surface area contributed by atoms with Crippen LogP contribution in [0.5, 0.6) is 0 Å². The fourth-order valence-corrected chi connectivity index (χ4v) is 0.403. The fraction of sp³-hybridized carbons (Fsp3) is 0.800. The number of methoxy groups -OCH3 is 1. The molecule has 0 saturated carbocycles. The molecule has 0 amide bonds. The van der Waals surface area contributed by atoms with Crippen molar-refractivity contribution in [1.29, 1.82) is 0 Å². The van der Waals surface area contributed by atoms with Gasteiger partial charge >= 0.3 is 12.1 Å². The number of hydrogen-bond donors (Lipinski definition) is 1. The summed E-state index contributed by atoms with van der Waals surface area (Å²) in [5.74, 6) is -2.31. The highest BCUT2D eigenvalue weighted by Gasteiger charge is 2.41. The van der Waals surface area contributed by atoms with Crippen LogP contribution in [0.4, 0.5) is 13.2 Å². The predicted molar refractivity (Wildman–Crippen MR) is 32.0 cm³/mol. The van der Waals surface area contributed by atoms with E-state index in [2.05, 4.69) is 9.47 Å².